The minimum absolute atomic E-state index is 0.0964. The molecule has 61 heavy (non-hydrogen) atoms. The van der Waals surface area contributed by atoms with E-state index in [-0.39, 0.29) is 33.5 Å². The third-order valence-electron chi connectivity index (χ3n) is 7.96. The minimum Gasteiger partial charge on any atom is -0.505 e. The van der Waals surface area contributed by atoms with Gasteiger partial charge in [0.05, 0.1) is 38.5 Å². The summed E-state index contributed by atoms with van der Waals surface area (Å²) in [4.78, 5) is 41.2. The molecule has 0 spiro atoms. The van der Waals surface area contributed by atoms with E-state index in [1.807, 2.05) is 0 Å². The zero-order valence-corrected chi connectivity index (χ0v) is 33.0. The number of nitrogens with one attached hydrogen (secondary N) is 2. The average Bonchev–Trinajstić information content (AvgIpc) is 3.16. The number of carbonyl (C=O) groups is 2. The van der Waals surface area contributed by atoms with Gasteiger partial charge in [0.15, 0.2) is 5.75 Å². The van der Waals surface area contributed by atoms with Crippen molar-refractivity contribution in [1.29, 1.82) is 0 Å². The van der Waals surface area contributed by atoms with Crippen LogP contribution in [0.2, 0.25) is 5.28 Å². The van der Waals surface area contributed by atoms with E-state index in [4.69, 9.17) is 11.6 Å². The maximum Gasteiger partial charge on any atom is 0.335 e. The highest BCUT2D eigenvalue weighted by molar-refractivity contribution is 7.86. The minimum atomic E-state index is -5.40. The lowest BCUT2D eigenvalue weighted by atomic mass is 10.1. The highest BCUT2D eigenvalue weighted by atomic mass is 35.5. The fraction of sp³-hybridized carbons (Fsp3) is 0. The Hall–Kier alpha value is -7.20. The molecule has 0 aliphatic rings. The number of nitrogens with zero attached hydrogens (tertiary/aromatic N) is 6. The number of benzene rings is 5. The van der Waals surface area contributed by atoms with Crippen molar-refractivity contribution in [1.82, 2.24) is 15.0 Å². The quantitative estimate of drug-likeness (QED) is 0.0361. The van der Waals surface area contributed by atoms with Gasteiger partial charge in [-0.25, -0.2) is 24.6 Å². The van der Waals surface area contributed by atoms with Gasteiger partial charge >= 0.3 is 11.9 Å². The van der Waals surface area contributed by atoms with Crippen LogP contribution < -0.4 is 11.2 Å². The summed E-state index contributed by atoms with van der Waals surface area (Å²) in [5.74, 6) is -4.80. The first kappa shape index (κ1) is 43.4. The molecule has 5 aromatic carbocycles. The van der Waals surface area contributed by atoms with Crippen molar-refractivity contribution >= 4 is 99.0 Å². The molecule has 0 aliphatic heterocycles. The highest BCUT2D eigenvalue weighted by Gasteiger charge is 2.26. The van der Waals surface area contributed by atoms with Crippen LogP contribution in [0.25, 0.3) is 10.8 Å². The number of hydrogen-bond acceptors (Lipinski definition) is 15. The van der Waals surface area contributed by atoms with Gasteiger partial charge in [0.1, 0.15) is 21.2 Å². The number of aromatic nitrogens is 3. The van der Waals surface area contributed by atoms with Crippen LogP contribution in [-0.4, -0.2) is 92.1 Å². The predicted molar refractivity (Wildman–Crippen MR) is 210 cm³/mol. The number of phenols is 1. The number of aromatic hydroxyl groups is 1. The van der Waals surface area contributed by atoms with Crippen LogP contribution in [0.4, 0.5) is 28.4 Å². The lowest BCUT2D eigenvalue weighted by molar-refractivity contribution is 0.0696. The largest absolute Gasteiger partial charge is 0.505 e. The van der Waals surface area contributed by atoms with E-state index in [1.54, 1.807) is 6.07 Å². The van der Waals surface area contributed by atoms with Gasteiger partial charge in [0, 0.05) is 5.56 Å². The van der Waals surface area contributed by atoms with E-state index in [9.17, 15) is 68.9 Å². The fourth-order valence-corrected chi connectivity index (χ4v) is 7.34. The monoisotopic (exact) mass is 914 g/mol. The molecule has 0 saturated heterocycles. The van der Waals surface area contributed by atoms with Gasteiger partial charge in [-0.1, -0.05) is 18.2 Å². The van der Waals surface area contributed by atoms with E-state index in [1.165, 1.54) is 24.3 Å². The molecule has 0 unspecified atom stereocenters. The van der Waals surface area contributed by atoms with Gasteiger partial charge in [0.25, 0.3) is 30.4 Å². The van der Waals surface area contributed by atoms with Crippen LogP contribution in [0, 0.1) is 0 Å². The standard InChI is InChI=1S/C34H23ClN8O15S3/c35-32-39-33(41-34(40-32)37-20-9-17(30(46)47)8-18(10-20)31(48)49)36-19-6-7-24(60(53,54)55)22(13-19)42-43-27-25(61(56,57)58)12-16-11-21(59(50,51)52)14-23(26(16)28(27)44)38-29(45)15-4-2-1-3-5-15/h1-14,44H,(H,38,45)(H,46,47)(H,48,49)(H,50,51,52)(H,53,54,55)(H,56,57,58)(H2,36,37,39,40,41). The number of halogens is 1. The Morgan fingerprint density at radius 3 is 1.87 bits per heavy atom. The Balaban J connectivity index is 1.54. The van der Waals surface area contributed by atoms with Gasteiger partial charge in [0.2, 0.25) is 22.4 Å². The van der Waals surface area contributed by atoms with Crippen LogP contribution >= 0.6 is 11.6 Å². The van der Waals surface area contributed by atoms with Crippen LogP contribution in [-0.2, 0) is 30.4 Å². The van der Waals surface area contributed by atoms with Crippen LogP contribution in [0.3, 0.4) is 0 Å². The van der Waals surface area contributed by atoms with Crippen molar-refractivity contribution in [2.24, 2.45) is 25.2 Å². The Labute approximate surface area is 345 Å². The van der Waals surface area contributed by atoms with Crippen molar-refractivity contribution in [2.45, 2.75) is 14.7 Å². The second-order valence-electron chi connectivity index (χ2n) is 12.1. The molecule has 1 aromatic heterocycles. The van der Waals surface area contributed by atoms with Gasteiger partial charge in [-0.05, 0) is 83.7 Å². The fourth-order valence-electron chi connectivity index (χ4n) is 5.38. The molecule has 1 heterocycles. The normalized spacial score (nSPS) is 13.3. The maximum absolute atomic E-state index is 12.6. The molecule has 6 rings (SSSR count). The summed E-state index contributed by atoms with van der Waals surface area (Å²) in [5, 5.41) is 47.0. The molecule has 0 radical (unpaired) electrons. The number of rotatable bonds is 11. The molecule has 0 aliphatic carbocycles. The zero-order chi connectivity index (χ0) is 44.6. The molecule has 6 aromatic rings. The summed E-state index contributed by atoms with van der Waals surface area (Å²) in [6.45, 7) is 0. The number of azo groups is 1. The van der Waals surface area contributed by atoms with E-state index >= 15 is 0 Å². The van der Waals surface area contributed by atoms with Crippen LogP contribution in [0.15, 0.2) is 125 Å². The molecular weight excluding hydrogens is 892 g/mol. The first-order chi connectivity index (χ1) is 28.5. The number of aliphatic hydroxyl groups excluding tert-OH is 1. The Morgan fingerprint density at radius 2 is 1.28 bits per heavy atom. The number of aliphatic imine (C=N–C) groups is 1. The van der Waals surface area contributed by atoms with Crippen LogP contribution in [0.1, 0.15) is 26.3 Å². The topological polar surface area (TPSA) is 384 Å². The van der Waals surface area contributed by atoms with Crippen molar-refractivity contribution in [3.63, 3.8) is 0 Å². The summed E-state index contributed by atoms with van der Waals surface area (Å²) in [6, 6.07) is 15.2. The number of hydrogen-bond donors (Lipinski definition) is 9. The third kappa shape index (κ3) is 9.99. The number of aromatic carboxylic acids is 2. The summed E-state index contributed by atoms with van der Waals surface area (Å²) in [5.41, 5.74) is -4.15. The van der Waals surface area contributed by atoms with Crippen LogP contribution in [0.5, 0.6) is 5.75 Å². The Kier molecular flexibility index (Phi) is 11.7. The number of aromatic amines is 2. The van der Waals surface area contributed by atoms with E-state index in [0.717, 1.165) is 36.4 Å². The molecule has 23 nitrogen and oxygen atoms in total. The smallest absolute Gasteiger partial charge is 0.335 e. The SMILES string of the molecule is O=C(O)c1cc(N=c2[nH]c(Cl)nc(=Nc3ccc(S(=O)(=O)O)c(N=Nc4c(S(=O)(=O)O)cc5cc(S(=O)(=O)O)cc(N=C(O)c6ccccc6)c5c4O)c3)[nH]2)cc(C(=O)O)c1. The van der Waals surface area contributed by atoms with Crippen molar-refractivity contribution in [3.8, 4) is 5.75 Å². The number of phenolic OH excluding ortho intramolecular Hbond substituents is 1. The summed E-state index contributed by atoms with van der Waals surface area (Å²) < 4.78 is 104. The number of aliphatic hydroxyl groups is 1. The van der Waals surface area contributed by atoms with E-state index < -0.39 is 108 Å². The first-order valence-corrected chi connectivity index (χ1v) is 20.9. The molecule has 9 N–H and O–H groups in total. The Morgan fingerprint density at radius 1 is 0.639 bits per heavy atom. The molecule has 0 fully saturated rings. The molecule has 0 atom stereocenters. The molecule has 0 saturated carbocycles. The molecule has 0 bridgehead atoms. The van der Waals surface area contributed by atoms with Gasteiger partial charge in [-0.15, -0.1) is 10.2 Å². The zero-order valence-electron chi connectivity index (χ0n) is 29.8. The highest BCUT2D eigenvalue weighted by Crippen LogP contribution is 2.46. The maximum atomic E-state index is 12.6. The number of carboxylic acid groups (broad SMARTS) is 2. The van der Waals surface area contributed by atoms with Crippen molar-refractivity contribution in [3.05, 3.63) is 118 Å². The van der Waals surface area contributed by atoms with Gasteiger partial charge in [-0.2, -0.15) is 30.2 Å². The van der Waals surface area contributed by atoms with Crippen molar-refractivity contribution < 1.29 is 68.9 Å². The molecule has 27 heteroatoms. The molecule has 314 valence electrons. The first-order valence-electron chi connectivity index (χ1n) is 16.2. The Bertz CT molecular complexity index is 3360. The number of carboxylic acids is 2. The average molecular weight is 915 g/mol. The van der Waals surface area contributed by atoms with Crippen molar-refractivity contribution in [2.75, 3.05) is 0 Å². The van der Waals surface area contributed by atoms with E-state index in [0.29, 0.717) is 18.2 Å². The summed E-state index contributed by atoms with van der Waals surface area (Å²) >= 11 is 6.09. The molecular formula is C34H23ClN8O15S3. The number of H-pyrrole nitrogens is 2. The summed E-state index contributed by atoms with van der Waals surface area (Å²) in [7, 11) is -15.6. The van der Waals surface area contributed by atoms with E-state index in [2.05, 4.69) is 40.2 Å². The molecule has 0 amide bonds. The summed E-state index contributed by atoms with van der Waals surface area (Å²) in [6.07, 6.45) is 0. The second kappa shape index (κ2) is 16.5. The predicted octanol–water partition coefficient (Wildman–Crippen LogP) is 4.90. The van der Waals surface area contributed by atoms with Gasteiger partial charge < -0.3 is 25.4 Å². The number of fused-ring (bicyclic) bond motifs is 1. The second-order valence-corrected chi connectivity index (χ2v) is 16.7. The lowest BCUT2D eigenvalue weighted by Gasteiger charge is -2.12. The third-order valence-corrected chi connectivity index (χ3v) is 10.7. The van der Waals surface area contributed by atoms with Gasteiger partial charge in [-0.3, -0.25) is 18.6 Å². The lowest BCUT2D eigenvalue weighted by Crippen LogP contribution is -2.26.